The molecule has 6 rings (SSSR count). The van der Waals surface area contributed by atoms with Gasteiger partial charge in [-0.2, -0.15) is 0 Å². The highest BCUT2D eigenvalue weighted by atomic mass is 16.1. The Balaban J connectivity index is 1.75. The minimum atomic E-state index is -0.113. The average Bonchev–Trinajstić information content (AvgIpc) is 3.30. The monoisotopic (exact) mass is 467 g/mol. The Hall–Kier alpha value is -4.50. The SMILES string of the molecule is CCCc1ccc(-c2c3c(c(-c4ccccc4)n2-c2ccccc2)C(=O)c2ccccc2C3=O)cc1. The number of aryl methyl sites for hydroxylation is 1. The van der Waals surface area contributed by atoms with Gasteiger partial charge in [0.2, 0.25) is 0 Å². The summed E-state index contributed by atoms with van der Waals surface area (Å²) in [5.41, 5.74) is 7.34. The summed E-state index contributed by atoms with van der Waals surface area (Å²) in [6.45, 7) is 2.17. The molecule has 0 unspecified atom stereocenters. The predicted molar refractivity (Wildman–Crippen MR) is 144 cm³/mol. The molecule has 36 heavy (non-hydrogen) atoms. The van der Waals surface area contributed by atoms with Crippen molar-refractivity contribution in [1.29, 1.82) is 0 Å². The Bertz CT molecular complexity index is 1590. The molecular weight excluding hydrogens is 442 g/mol. The number of carbonyl (C=O) groups is 2. The van der Waals surface area contributed by atoms with Crippen LogP contribution in [0.2, 0.25) is 0 Å². The van der Waals surface area contributed by atoms with E-state index < -0.39 is 0 Å². The van der Waals surface area contributed by atoms with E-state index in [9.17, 15) is 9.59 Å². The van der Waals surface area contributed by atoms with Gasteiger partial charge in [0.15, 0.2) is 11.6 Å². The highest BCUT2D eigenvalue weighted by Gasteiger charge is 2.38. The summed E-state index contributed by atoms with van der Waals surface area (Å²) in [6.07, 6.45) is 2.06. The fraction of sp³-hybridized carbons (Fsp3) is 0.0909. The van der Waals surface area contributed by atoms with Gasteiger partial charge in [0.05, 0.1) is 22.5 Å². The van der Waals surface area contributed by atoms with Crippen molar-refractivity contribution >= 4 is 11.6 Å². The molecule has 1 heterocycles. The average molecular weight is 468 g/mol. The number of benzene rings is 4. The summed E-state index contributed by atoms with van der Waals surface area (Å²) in [6, 6.07) is 35.4. The molecule has 1 aromatic heterocycles. The number of hydrogen-bond acceptors (Lipinski definition) is 2. The number of aromatic nitrogens is 1. The van der Waals surface area contributed by atoms with Crippen LogP contribution in [0.25, 0.3) is 28.2 Å². The van der Waals surface area contributed by atoms with E-state index in [1.54, 1.807) is 12.1 Å². The van der Waals surface area contributed by atoms with Crippen LogP contribution in [0, 0.1) is 0 Å². The van der Waals surface area contributed by atoms with E-state index in [0.717, 1.165) is 41.0 Å². The quantitative estimate of drug-likeness (QED) is 0.263. The lowest BCUT2D eigenvalue weighted by atomic mass is 9.82. The molecule has 3 nitrogen and oxygen atoms in total. The number of carbonyl (C=O) groups excluding carboxylic acids is 2. The van der Waals surface area contributed by atoms with Crippen molar-refractivity contribution in [3.8, 4) is 28.2 Å². The zero-order chi connectivity index (χ0) is 24.6. The standard InChI is InChI=1S/C33H25NO2/c1-2-11-22-18-20-24(21-19-22)31-29-28(32(35)26-16-9-10-17-27(26)33(29)36)30(23-12-5-3-6-13-23)34(31)25-14-7-4-8-15-25/h3-10,12-21H,2,11H2,1H3. The van der Waals surface area contributed by atoms with Crippen molar-refractivity contribution < 1.29 is 9.59 Å². The molecule has 0 atom stereocenters. The highest BCUT2D eigenvalue weighted by molar-refractivity contribution is 6.32. The van der Waals surface area contributed by atoms with Crippen molar-refractivity contribution in [2.75, 3.05) is 0 Å². The Morgan fingerprint density at radius 3 is 1.56 bits per heavy atom. The van der Waals surface area contributed by atoms with E-state index in [-0.39, 0.29) is 11.6 Å². The van der Waals surface area contributed by atoms with Gasteiger partial charge in [-0.25, -0.2) is 0 Å². The molecule has 0 N–H and O–H groups in total. The third-order valence-electron chi connectivity index (χ3n) is 6.87. The number of para-hydroxylation sites is 1. The van der Waals surface area contributed by atoms with E-state index in [1.165, 1.54) is 5.56 Å². The van der Waals surface area contributed by atoms with Crippen LogP contribution >= 0.6 is 0 Å². The van der Waals surface area contributed by atoms with Crippen LogP contribution in [-0.2, 0) is 6.42 Å². The van der Waals surface area contributed by atoms with E-state index >= 15 is 0 Å². The molecule has 174 valence electrons. The zero-order valence-electron chi connectivity index (χ0n) is 20.1. The second-order valence-electron chi connectivity index (χ2n) is 9.13. The molecule has 0 spiro atoms. The molecule has 0 saturated heterocycles. The summed E-state index contributed by atoms with van der Waals surface area (Å²) < 4.78 is 2.09. The Kier molecular flexibility index (Phi) is 5.46. The van der Waals surface area contributed by atoms with E-state index in [0.29, 0.717) is 22.3 Å². The lowest BCUT2D eigenvalue weighted by molar-refractivity contribution is 0.0981. The number of hydrogen-bond donors (Lipinski definition) is 0. The Morgan fingerprint density at radius 1 is 0.556 bits per heavy atom. The van der Waals surface area contributed by atoms with Crippen LogP contribution < -0.4 is 0 Å². The number of nitrogens with zero attached hydrogens (tertiary/aromatic N) is 1. The second-order valence-corrected chi connectivity index (χ2v) is 9.13. The molecule has 0 radical (unpaired) electrons. The molecule has 3 heteroatoms. The van der Waals surface area contributed by atoms with Gasteiger partial charge >= 0.3 is 0 Å². The molecule has 1 aliphatic carbocycles. The van der Waals surface area contributed by atoms with Crippen LogP contribution in [0.15, 0.2) is 109 Å². The van der Waals surface area contributed by atoms with E-state index in [4.69, 9.17) is 0 Å². The maximum atomic E-state index is 14.1. The fourth-order valence-electron chi connectivity index (χ4n) is 5.26. The largest absolute Gasteiger partial charge is 0.308 e. The maximum Gasteiger partial charge on any atom is 0.196 e. The summed E-state index contributed by atoms with van der Waals surface area (Å²) in [7, 11) is 0. The third-order valence-corrected chi connectivity index (χ3v) is 6.87. The van der Waals surface area contributed by atoms with Crippen molar-refractivity contribution in [2.24, 2.45) is 0 Å². The zero-order valence-corrected chi connectivity index (χ0v) is 20.1. The van der Waals surface area contributed by atoms with Gasteiger partial charge in [-0.3, -0.25) is 9.59 Å². The number of rotatable bonds is 5. The van der Waals surface area contributed by atoms with Gasteiger partial charge in [-0.05, 0) is 35.2 Å². The van der Waals surface area contributed by atoms with Crippen molar-refractivity contribution in [3.05, 3.63) is 137 Å². The minimum Gasteiger partial charge on any atom is -0.308 e. The first kappa shape index (κ1) is 22.0. The summed E-state index contributed by atoms with van der Waals surface area (Å²) in [5, 5.41) is 0. The first-order valence-corrected chi connectivity index (χ1v) is 12.4. The molecule has 0 saturated carbocycles. The topological polar surface area (TPSA) is 39.1 Å². The normalized spacial score (nSPS) is 12.4. The summed E-state index contributed by atoms with van der Waals surface area (Å²) >= 11 is 0. The fourth-order valence-corrected chi connectivity index (χ4v) is 5.26. The minimum absolute atomic E-state index is 0.111. The van der Waals surface area contributed by atoms with Gasteiger partial charge in [0.1, 0.15) is 0 Å². The molecule has 0 aliphatic heterocycles. The molecule has 4 aromatic carbocycles. The summed E-state index contributed by atoms with van der Waals surface area (Å²) in [4.78, 5) is 28.1. The lowest BCUT2D eigenvalue weighted by Gasteiger charge is -2.16. The molecular formula is C33H25NO2. The number of ketones is 2. The van der Waals surface area contributed by atoms with Gasteiger partial charge in [-0.1, -0.05) is 110 Å². The van der Waals surface area contributed by atoms with E-state index in [2.05, 4.69) is 35.8 Å². The van der Waals surface area contributed by atoms with Crippen molar-refractivity contribution in [2.45, 2.75) is 19.8 Å². The molecule has 5 aromatic rings. The smallest absolute Gasteiger partial charge is 0.196 e. The first-order chi connectivity index (χ1) is 17.7. The van der Waals surface area contributed by atoms with Crippen LogP contribution in [0.1, 0.15) is 50.8 Å². The predicted octanol–water partition coefficient (Wildman–Crippen LogP) is 7.54. The van der Waals surface area contributed by atoms with Crippen LogP contribution in [0.4, 0.5) is 0 Å². The third kappa shape index (κ3) is 3.44. The molecule has 0 fully saturated rings. The first-order valence-electron chi connectivity index (χ1n) is 12.4. The highest BCUT2D eigenvalue weighted by Crippen LogP contribution is 2.44. The summed E-state index contributed by atoms with van der Waals surface area (Å²) in [5.74, 6) is -0.225. The van der Waals surface area contributed by atoms with E-state index in [1.807, 2.05) is 72.8 Å². The van der Waals surface area contributed by atoms with Crippen molar-refractivity contribution in [1.82, 2.24) is 4.57 Å². The van der Waals surface area contributed by atoms with Crippen LogP contribution in [0.3, 0.4) is 0 Å². The van der Waals surface area contributed by atoms with Gasteiger partial charge in [0.25, 0.3) is 0 Å². The molecule has 0 bridgehead atoms. The second kappa shape index (κ2) is 8.94. The van der Waals surface area contributed by atoms with Gasteiger partial charge < -0.3 is 4.57 Å². The lowest BCUT2D eigenvalue weighted by Crippen LogP contribution is -2.20. The Morgan fingerprint density at radius 2 is 1.03 bits per heavy atom. The molecule has 1 aliphatic rings. The van der Waals surface area contributed by atoms with Crippen LogP contribution in [0.5, 0.6) is 0 Å². The van der Waals surface area contributed by atoms with Crippen molar-refractivity contribution in [3.63, 3.8) is 0 Å². The van der Waals surface area contributed by atoms with Gasteiger partial charge in [-0.15, -0.1) is 0 Å². The van der Waals surface area contributed by atoms with Gasteiger partial charge in [0, 0.05) is 16.8 Å². The number of fused-ring (bicyclic) bond motifs is 2. The Labute approximate surface area is 210 Å². The van der Waals surface area contributed by atoms with Crippen LogP contribution in [-0.4, -0.2) is 16.1 Å². The maximum absolute atomic E-state index is 14.1. The molecule has 0 amide bonds.